The minimum atomic E-state index is 0.482. The highest BCUT2D eigenvalue weighted by Gasteiger charge is 2.14. The van der Waals surface area contributed by atoms with Gasteiger partial charge in [0.1, 0.15) is 6.33 Å². The van der Waals surface area contributed by atoms with Gasteiger partial charge in [0.2, 0.25) is 0 Å². The topological polar surface area (TPSA) is 59.1 Å². The first-order chi connectivity index (χ1) is 7.40. The van der Waals surface area contributed by atoms with Gasteiger partial charge in [-0.15, -0.1) is 0 Å². The minimum absolute atomic E-state index is 0.482. The van der Waals surface area contributed by atoms with E-state index in [2.05, 4.69) is 20.6 Å². The molecule has 0 amide bonds. The number of methoxy groups -OCH3 is 1. The first-order valence-corrected chi connectivity index (χ1v) is 5.21. The van der Waals surface area contributed by atoms with Crippen molar-refractivity contribution < 1.29 is 4.74 Å². The quantitative estimate of drug-likeness (QED) is 0.763. The van der Waals surface area contributed by atoms with Crippen molar-refractivity contribution in [2.75, 3.05) is 25.5 Å². The van der Waals surface area contributed by atoms with Gasteiger partial charge in [-0.2, -0.15) is 0 Å². The van der Waals surface area contributed by atoms with Crippen molar-refractivity contribution in [3.05, 3.63) is 12.5 Å². The summed E-state index contributed by atoms with van der Waals surface area (Å²) in [6.07, 6.45) is 5.45. The lowest BCUT2D eigenvalue weighted by molar-refractivity contribution is 0.410. The largest absolute Gasteiger partial charge is 0.491 e. The molecule has 1 saturated heterocycles. The maximum Gasteiger partial charge on any atom is 0.179 e. The molecule has 0 aliphatic carbocycles. The van der Waals surface area contributed by atoms with E-state index in [9.17, 15) is 0 Å². The SMILES string of the molecule is COc1cncnc1NC1CCNCC1. The molecule has 0 spiro atoms. The molecular formula is C10H16N4O. The fourth-order valence-electron chi connectivity index (χ4n) is 1.73. The first kappa shape index (κ1) is 10.2. The number of nitrogens with zero attached hydrogens (tertiary/aromatic N) is 2. The van der Waals surface area contributed by atoms with E-state index in [-0.39, 0.29) is 0 Å². The Kier molecular flexibility index (Phi) is 3.34. The van der Waals surface area contributed by atoms with E-state index < -0.39 is 0 Å². The van der Waals surface area contributed by atoms with Crippen LogP contribution < -0.4 is 15.4 Å². The summed E-state index contributed by atoms with van der Waals surface area (Å²) in [5.74, 6) is 1.50. The number of aromatic nitrogens is 2. The van der Waals surface area contributed by atoms with Crippen LogP contribution in [0.15, 0.2) is 12.5 Å². The zero-order chi connectivity index (χ0) is 10.5. The molecule has 0 saturated carbocycles. The van der Waals surface area contributed by atoms with E-state index in [4.69, 9.17) is 4.74 Å². The van der Waals surface area contributed by atoms with E-state index >= 15 is 0 Å². The molecule has 1 aliphatic heterocycles. The van der Waals surface area contributed by atoms with Crippen molar-refractivity contribution >= 4 is 5.82 Å². The maximum atomic E-state index is 5.18. The van der Waals surface area contributed by atoms with Crippen molar-refractivity contribution in [1.29, 1.82) is 0 Å². The van der Waals surface area contributed by atoms with Crippen molar-refractivity contribution in [2.24, 2.45) is 0 Å². The Labute approximate surface area is 89.3 Å². The molecule has 0 unspecified atom stereocenters. The molecule has 0 radical (unpaired) electrons. The highest BCUT2D eigenvalue weighted by molar-refractivity contribution is 5.48. The van der Waals surface area contributed by atoms with Crippen LogP contribution in [0.4, 0.5) is 5.82 Å². The van der Waals surface area contributed by atoms with Gasteiger partial charge in [-0.25, -0.2) is 9.97 Å². The lowest BCUT2D eigenvalue weighted by Crippen LogP contribution is -2.35. The van der Waals surface area contributed by atoms with Gasteiger partial charge in [-0.05, 0) is 25.9 Å². The summed E-state index contributed by atoms with van der Waals surface area (Å²) in [5.41, 5.74) is 0. The van der Waals surface area contributed by atoms with Gasteiger partial charge >= 0.3 is 0 Å². The number of ether oxygens (including phenoxy) is 1. The summed E-state index contributed by atoms with van der Waals surface area (Å²) in [6, 6.07) is 0.482. The monoisotopic (exact) mass is 208 g/mol. The number of anilines is 1. The van der Waals surface area contributed by atoms with Crippen LogP contribution in [-0.2, 0) is 0 Å². The Morgan fingerprint density at radius 2 is 2.27 bits per heavy atom. The van der Waals surface area contributed by atoms with Gasteiger partial charge in [-0.3, -0.25) is 0 Å². The molecule has 1 aliphatic rings. The van der Waals surface area contributed by atoms with Crippen LogP contribution in [0.1, 0.15) is 12.8 Å². The van der Waals surface area contributed by atoms with Gasteiger partial charge in [0.25, 0.3) is 0 Å². The molecule has 2 N–H and O–H groups in total. The number of hydrogen-bond donors (Lipinski definition) is 2. The summed E-state index contributed by atoms with van der Waals surface area (Å²) >= 11 is 0. The van der Waals surface area contributed by atoms with Crippen LogP contribution in [-0.4, -0.2) is 36.2 Å². The molecule has 2 rings (SSSR count). The highest BCUT2D eigenvalue weighted by atomic mass is 16.5. The third-order valence-electron chi connectivity index (χ3n) is 2.58. The van der Waals surface area contributed by atoms with Crippen molar-refractivity contribution in [2.45, 2.75) is 18.9 Å². The molecule has 2 heterocycles. The van der Waals surface area contributed by atoms with E-state index in [1.807, 2.05) is 0 Å². The van der Waals surface area contributed by atoms with Crippen LogP contribution in [0, 0.1) is 0 Å². The lowest BCUT2D eigenvalue weighted by atomic mass is 10.1. The third kappa shape index (κ3) is 2.56. The molecule has 0 aromatic carbocycles. The smallest absolute Gasteiger partial charge is 0.179 e. The van der Waals surface area contributed by atoms with Gasteiger partial charge < -0.3 is 15.4 Å². The van der Waals surface area contributed by atoms with Crippen molar-refractivity contribution in [1.82, 2.24) is 15.3 Å². The predicted molar refractivity (Wildman–Crippen MR) is 58.1 cm³/mol. The zero-order valence-corrected chi connectivity index (χ0v) is 8.86. The molecule has 5 nitrogen and oxygen atoms in total. The highest BCUT2D eigenvalue weighted by Crippen LogP contribution is 2.21. The van der Waals surface area contributed by atoms with Crippen LogP contribution in [0.3, 0.4) is 0 Å². The first-order valence-electron chi connectivity index (χ1n) is 5.21. The molecule has 82 valence electrons. The summed E-state index contributed by atoms with van der Waals surface area (Å²) in [5, 5.41) is 6.71. The summed E-state index contributed by atoms with van der Waals surface area (Å²) in [4.78, 5) is 8.10. The molecule has 15 heavy (non-hydrogen) atoms. The van der Waals surface area contributed by atoms with Crippen LogP contribution in [0.2, 0.25) is 0 Å². The summed E-state index contributed by atoms with van der Waals surface area (Å²) < 4.78 is 5.18. The molecule has 1 aromatic rings. The van der Waals surface area contributed by atoms with Gasteiger partial charge in [-0.1, -0.05) is 0 Å². The Balaban J connectivity index is 2.02. The third-order valence-corrected chi connectivity index (χ3v) is 2.58. The number of nitrogens with one attached hydrogen (secondary N) is 2. The predicted octanol–water partition coefficient (Wildman–Crippen LogP) is 0.649. The maximum absolute atomic E-state index is 5.18. The molecule has 0 atom stereocenters. The summed E-state index contributed by atoms with van der Waals surface area (Å²) in [6.45, 7) is 2.12. The van der Waals surface area contributed by atoms with Crippen molar-refractivity contribution in [3.63, 3.8) is 0 Å². The standard InChI is InChI=1S/C10H16N4O/c1-15-9-6-12-7-13-10(9)14-8-2-4-11-5-3-8/h6-8,11H,2-5H2,1H3,(H,12,13,14). The Hall–Kier alpha value is -1.36. The molecular weight excluding hydrogens is 192 g/mol. The Morgan fingerprint density at radius 1 is 1.47 bits per heavy atom. The van der Waals surface area contributed by atoms with Gasteiger partial charge in [0.15, 0.2) is 11.6 Å². The Bertz CT molecular complexity index is 312. The number of piperidine rings is 1. The molecule has 1 aromatic heterocycles. The second kappa shape index (κ2) is 4.93. The fraction of sp³-hybridized carbons (Fsp3) is 0.600. The zero-order valence-electron chi connectivity index (χ0n) is 8.86. The minimum Gasteiger partial charge on any atom is -0.491 e. The average Bonchev–Trinajstić information content (AvgIpc) is 2.31. The fourth-order valence-corrected chi connectivity index (χ4v) is 1.73. The summed E-state index contributed by atoms with van der Waals surface area (Å²) in [7, 11) is 1.63. The van der Waals surface area contributed by atoms with Crippen LogP contribution in [0.5, 0.6) is 5.75 Å². The second-order valence-electron chi connectivity index (χ2n) is 3.61. The molecule has 5 heteroatoms. The van der Waals surface area contributed by atoms with E-state index in [1.165, 1.54) is 6.33 Å². The van der Waals surface area contributed by atoms with E-state index in [0.717, 1.165) is 31.7 Å². The average molecular weight is 208 g/mol. The van der Waals surface area contributed by atoms with Crippen LogP contribution >= 0.6 is 0 Å². The van der Waals surface area contributed by atoms with Gasteiger partial charge in [0, 0.05) is 6.04 Å². The number of rotatable bonds is 3. The van der Waals surface area contributed by atoms with Crippen molar-refractivity contribution in [3.8, 4) is 5.75 Å². The normalized spacial score (nSPS) is 17.4. The number of hydrogen-bond acceptors (Lipinski definition) is 5. The van der Waals surface area contributed by atoms with Crippen LogP contribution in [0.25, 0.3) is 0 Å². The van der Waals surface area contributed by atoms with E-state index in [1.54, 1.807) is 13.3 Å². The van der Waals surface area contributed by atoms with Gasteiger partial charge in [0.05, 0.1) is 13.3 Å². The second-order valence-corrected chi connectivity index (χ2v) is 3.61. The Morgan fingerprint density at radius 3 is 3.00 bits per heavy atom. The lowest BCUT2D eigenvalue weighted by Gasteiger charge is -2.24. The molecule has 1 fully saturated rings. The van der Waals surface area contributed by atoms with E-state index in [0.29, 0.717) is 11.8 Å². The molecule has 0 bridgehead atoms.